The fourth-order valence-corrected chi connectivity index (χ4v) is 2.66. The SMILES string of the molecule is CCC(C)CN(CC)c1ccc2c(c1)NC(=O)C2NC. The topological polar surface area (TPSA) is 44.4 Å². The van der Waals surface area contributed by atoms with E-state index in [1.54, 1.807) is 0 Å². The second-order valence-electron chi connectivity index (χ2n) is 5.53. The van der Waals surface area contributed by atoms with Crippen molar-refractivity contribution in [3.63, 3.8) is 0 Å². The first kappa shape index (κ1) is 14.9. The molecular weight excluding hydrogens is 250 g/mol. The van der Waals surface area contributed by atoms with E-state index in [0.29, 0.717) is 5.92 Å². The van der Waals surface area contributed by atoms with Crippen molar-refractivity contribution in [1.29, 1.82) is 0 Å². The number of carbonyl (C=O) groups excluding carboxylic acids is 1. The molecule has 0 saturated carbocycles. The third-order valence-electron chi connectivity index (χ3n) is 4.13. The fourth-order valence-electron chi connectivity index (χ4n) is 2.66. The molecule has 4 nitrogen and oxygen atoms in total. The van der Waals surface area contributed by atoms with E-state index in [1.165, 1.54) is 12.1 Å². The Balaban J connectivity index is 2.23. The number of hydrogen-bond donors (Lipinski definition) is 2. The van der Waals surface area contributed by atoms with Crippen molar-refractivity contribution >= 4 is 17.3 Å². The number of nitrogens with one attached hydrogen (secondary N) is 2. The first-order valence-electron chi connectivity index (χ1n) is 7.47. The Morgan fingerprint density at radius 3 is 2.75 bits per heavy atom. The second-order valence-corrected chi connectivity index (χ2v) is 5.53. The van der Waals surface area contributed by atoms with Crippen LogP contribution in [0.3, 0.4) is 0 Å². The first-order chi connectivity index (χ1) is 9.60. The van der Waals surface area contributed by atoms with Gasteiger partial charge < -0.3 is 15.5 Å². The summed E-state index contributed by atoms with van der Waals surface area (Å²) in [5.41, 5.74) is 3.17. The van der Waals surface area contributed by atoms with E-state index < -0.39 is 0 Å². The lowest BCUT2D eigenvalue weighted by Crippen LogP contribution is -2.28. The van der Waals surface area contributed by atoms with Gasteiger partial charge >= 0.3 is 0 Å². The largest absolute Gasteiger partial charge is 0.371 e. The standard InChI is InChI=1S/C16H25N3O/c1-5-11(3)10-19(6-2)12-7-8-13-14(9-12)18-16(20)15(13)17-4/h7-9,11,15,17H,5-6,10H2,1-4H3,(H,18,20). The number of rotatable bonds is 6. The summed E-state index contributed by atoms with van der Waals surface area (Å²) in [6.07, 6.45) is 1.18. The number of likely N-dealkylation sites (N-methyl/N-ethyl adjacent to an activating group) is 1. The second kappa shape index (κ2) is 6.27. The maximum atomic E-state index is 11.8. The van der Waals surface area contributed by atoms with Gasteiger partial charge in [0.1, 0.15) is 6.04 Å². The molecule has 2 N–H and O–H groups in total. The number of fused-ring (bicyclic) bond motifs is 1. The lowest BCUT2D eigenvalue weighted by molar-refractivity contribution is -0.117. The Bertz CT molecular complexity index is 487. The summed E-state index contributed by atoms with van der Waals surface area (Å²) >= 11 is 0. The Morgan fingerprint density at radius 2 is 2.15 bits per heavy atom. The molecule has 0 fully saturated rings. The van der Waals surface area contributed by atoms with Crippen LogP contribution in [0.1, 0.15) is 38.8 Å². The Labute approximate surface area is 121 Å². The maximum absolute atomic E-state index is 11.8. The summed E-state index contributed by atoms with van der Waals surface area (Å²) in [6, 6.07) is 6.05. The van der Waals surface area contributed by atoms with Gasteiger partial charge in [-0.25, -0.2) is 0 Å². The molecule has 0 aliphatic carbocycles. The molecule has 1 aromatic rings. The fraction of sp³-hybridized carbons (Fsp3) is 0.562. The quantitative estimate of drug-likeness (QED) is 0.839. The molecule has 0 bridgehead atoms. The van der Waals surface area contributed by atoms with Gasteiger partial charge in [0.25, 0.3) is 0 Å². The van der Waals surface area contributed by atoms with Crippen LogP contribution < -0.4 is 15.5 Å². The molecule has 1 amide bonds. The van der Waals surface area contributed by atoms with E-state index >= 15 is 0 Å². The van der Waals surface area contributed by atoms with Gasteiger partial charge in [0.05, 0.1) is 0 Å². The molecule has 0 aromatic heterocycles. The number of hydrogen-bond acceptors (Lipinski definition) is 3. The van der Waals surface area contributed by atoms with Crippen molar-refractivity contribution in [3.8, 4) is 0 Å². The molecule has 0 spiro atoms. The van der Waals surface area contributed by atoms with Crippen molar-refractivity contribution in [2.75, 3.05) is 30.4 Å². The van der Waals surface area contributed by atoms with Crippen LogP contribution in [-0.2, 0) is 4.79 Å². The van der Waals surface area contributed by atoms with E-state index in [0.717, 1.165) is 24.3 Å². The summed E-state index contributed by atoms with van der Waals surface area (Å²) in [5.74, 6) is 0.701. The molecule has 1 heterocycles. The summed E-state index contributed by atoms with van der Waals surface area (Å²) < 4.78 is 0. The van der Waals surface area contributed by atoms with Crippen LogP contribution in [0.5, 0.6) is 0 Å². The normalized spacial score (nSPS) is 18.6. The number of benzene rings is 1. The van der Waals surface area contributed by atoms with Gasteiger partial charge in [0, 0.05) is 30.0 Å². The van der Waals surface area contributed by atoms with E-state index in [1.807, 2.05) is 7.05 Å². The van der Waals surface area contributed by atoms with E-state index in [2.05, 4.69) is 54.5 Å². The summed E-state index contributed by atoms with van der Waals surface area (Å²) in [5, 5.41) is 6.01. The Morgan fingerprint density at radius 1 is 1.40 bits per heavy atom. The Hall–Kier alpha value is -1.55. The molecule has 1 aromatic carbocycles. The smallest absolute Gasteiger partial charge is 0.246 e. The Kier molecular flexibility index (Phi) is 4.65. The van der Waals surface area contributed by atoms with Crippen LogP contribution in [0, 0.1) is 5.92 Å². The predicted octanol–water partition coefficient (Wildman–Crippen LogP) is 2.77. The number of carbonyl (C=O) groups is 1. The molecule has 2 unspecified atom stereocenters. The van der Waals surface area contributed by atoms with E-state index in [4.69, 9.17) is 0 Å². The highest BCUT2D eigenvalue weighted by atomic mass is 16.2. The molecular formula is C16H25N3O. The van der Waals surface area contributed by atoms with Crippen molar-refractivity contribution in [1.82, 2.24) is 5.32 Å². The monoisotopic (exact) mass is 275 g/mol. The predicted molar refractivity (Wildman–Crippen MR) is 84.2 cm³/mol. The average molecular weight is 275 g/mol. The van der Waals surface area contributed by atoms with Crippen molar-refractivity contribution in [3.05, 3.63) is 23.8 Å². The zero-order valence-electron chi connectivity index (χ0n) is 12.9. The highest BCUT2D eigenvalue weighted by Crippen LogP contribution is 2.34. The number of nitrogens with zero attached hydrogens (tertiary/aromatic N) is 1. The van der Waals surface area contributed by atoms with E-state index in [9.17, 15) is 4.79 Å². The van der Waals surface area contributed by atoms with Crippen molar-refractivity contribution in [2.24, 2.45) is 5.92 Å². The van der Waals surface area contributed by atoms with Gasteiger partial charge in [-0.15, -0.1) is 0 Å². The highest BCUT2D eigenvalue weighted by molar-refractivity contribution is 6.03. The molecule has 110 valence electrons. The zero-order valence-corrected chi connectivity index (χ0v) is 12.9. The van der Waals surface area contributed by atoms with Crippen LogP contribution in [-0.4, -0.2) is 26.0 Å². The summed E-state index contributed by atoms with van der Waals surface area (Å²) in [4.78, 5) is 14.2. The zero-order chi connectivity index (χ0) is 14.7. The number of anilines is 2. The van der Waals surface area contributed by atoms with Crippen LogP contribution in [0.2, 0.25) is 0 Å². The third kappa shape index (κ3) is 2.80. The third-order valence-corrected chi connectivity index (χ3v) is 4.13. The van der Waals surface area contributed by atoms with Crippen LogP contribution in [0.15, 0.2) is 18.2 Å². The summed E-state index contributed by atoms with van der Waals surface area (Å²) in [7, 11) is 1.81. The lowest BCUT2D eigenvalue weighted by Gasteiger charge is -2.26. The van der Waals surface area contributed by atoms with Crippen molar-refractivity contribution in [2.45, 2.75) is 33.2 Å². The van der Waals surface area contributed by atoms with Gasteiger partial charge in [-0.1, -0.05) is 26.3 Å². The van der Waals surface area contributed by atoms with Crippen LogP contribution in [0.4, 0.5) is 11.4 Å². The summed E-state index contributed by atoms with van der Waals surface area (Å²) in [6.45, 7) is 8.69. The minimum Gasteiger partial charge on any atom is -0.371 e. The molecule has 4 heteroatoms. The van der Waals surface area contributed by atoms with Gasteiger partial charge in [0.15, 0.2) is 0 Å². The van der Waals surface area contributed by atoms with Gasteiger partial charge in [-0.2, -0.15) is 0 Å². The average Bonchev–Trinajstić information content (AvgIpc) is 2.78. The molecule has 20 heavy (non-hydrogen) atoms. The van der Waals surface area contributed by atoms with E-state index in [-0.39, 0.29) is 11.9 Å². The van der Waals surface area contributed by atoms with Gasteiger partial charge in [0.2, 0.25) is 5.91 Å². The van der Waals surface area contributed by atoms with Crippen molar-refractivity contribution < 1.29 is 4.79 Å². The molecule has 2 rings (SSSR count). The minimum atomic E-state index is -0.219. The molecule has 0 saturated heterocycles. The lowest BCUT2D eigenvalue weighted by atomic mass is 10.1. The molecule has 1 aliphatic rings. The molecule has 0 radical (unpaired) electrons. The minimum absolute atomic E-state index is 0.0321. The first-order valence-corrected chi connectivity index (χ1v) is 7.47. The van der Waals surface area contributed by atoms with Crippen LogP contribution in [0.25, 0.3) is 0 Å². The molecule has 1 aliphatic heterocycles. The van der Waals surface area contributed by atoms with Gasteiger partial charge in [-0.05, 0) is 32.0 Å². The van der Waals surface area contributed by atoms with Gasteiger partial charge in [-0.3, -0.25) is 4.79 Å². The maximum Gasteiger partial charge on any atom is 0.246 e. The highest BCUT2D eigenvalue weighted by Gasteiger charge is 2.29. The molecule has 2 atom stereocenters. The number of amides is 1. The van der Waals surface area contributed by atoms with Crippen LogP contribution >= 0.6 is 0 Å².